The molecule has 0 saturated carbocycles. The van der Waals surface area contributed by atoms with Gasteiger partial charge in [0.1, 0.15) is 0 Å². The third kappa shape index (κ3) is 5.51. The number of non-ortho nitro benzene ring substituents is 1. The molecule has 2 amide bonds. The first-order chi connectivity index (χ1) is 13.1. The number of carbonyl (C=O) groups is 2. The van der Waals surface area contributed by atoms with E-state index in [4.69, 9.17) is 11.6 Å². The van der Waals surface area contributed by atoms with Crippen LogP contribution in [0.25, 0.3) is 0 Å². The topological polar surface area (TPSA) is 114 Å². The van der Waals surface area contributed by atoms with E-state index >= 15 is 0 Å². The summed E-state index contributed by atoms with van der Waals surface area (Å²) in [6, 6.07) is 7.90. The van der Waals surface area contributed by atoms with Gasteiger partial charge in [0.2, 0.25) is 0 Å². The zero-order valence-electron chi connectivity index (χ0n) is 13.7. The molecule has 0 saturated heterocycles. The molecule has 0 aromatic heterocycles. The molecule has 0 heterocycles. The lowest BCUT2D eigenvalue weighted by molar-refractivity contribution is -0.384. The Morgan fingerprint density at radius 3 is 2.50 bits per heavy atom. The van der Waals surface area contributed by atoms with Crippen molar-refractivity contribution >= 4 is 41.0 Å². The molecule has 2 N–H and O–H groups in total. The van der Waals surface area contributed by atoms with Crippen LogP contribution in [0.5, 0.6) is 0 Å². The Hall–Kier alpha value is -3.47. The Labute approximate surface area is 160 Å². The molecule has 0 fully saturated rings. The summed E-state index contributed by atoms with van der Waals surface area (Å²) in [6.45, 7) is 0. The minimum Gasteiger partial charge on any atom is -0.318 e. The lowest BCUT2D eigenvalue weighted by Crippen LogP contribution is -2.32. The van der Waals surface area contributed by atoms with Crippen molar-refractivity contribution < 1.29 is 27.7 Å². The van der Waals surface area contributed by atoms with Crippen molar-refractivity contribution in [2.75, 3.05) is 5.32 Å². The SMILES string of the molecule is O=C(N/N=C\c1cccc([N+](=O)[O-])c1)C(=O)Nc1ccc(Cl)c(C(F)(F)F)c1. The zero-order valence-corrected chi connectivity index (χ0v) is 14.4. The van der Waals surface area contributed by atoms with Crippen molar-refractivity contribution in [2.45, 2.75) is 6.18 Å². The number of benzene rings is 2. The third-order valence-corrected chi connectivity index (χ3v) is 3.53. The zero-order chi connectivity index (χ0) is 20.9. The standard InChI is InChI=1S/C16H10ClF3N4O4/c17-13-5-4-10(7-12(13)16(18,19)20)22-14(25)15(26)23-21-8-9-2-1-3-11(6-9)24(27)28/h1-8H,(H,22,25)(H,23,26)/b21-8-. The van der Waals surface area contributed by atoms with Gasteiger partial charge in [-0.3, -0.25) is 19.7 Å². The first-order valence-corrected chi connectivity index (χ1v) is 7.71. The second kappa shape index (κ2) is 8.48. The Balaban J connectivity index is 2.01. The maximum Gasteiger partial charge on any atom is 0.417 e. The molecule has 146 valence electrons. The summed E-state index contributed by atoms with van der Waals surface area (Å²) < 4.78 is 38.4. The first-order valence-electron chi connectivity index (χ1n) is 7.33. The fourth-order valence-electron chi connectivity index (χ4n) is 1.94. The van der Waals surface area contributed by atoms with Crippen molar-refractivity contribution in [3.8, 4) is 0 Å². The lowest BCUT2D eigenvalue weighted by Gasteiger charge is -2.11. The molecule has 12 heteroatoms. The smallest absolute Gasteiger partial charge is 0.318 e. The summed E-state index contributed by atoms with van der Waals surface area (Å²) >= 11 is 5.46. The molecule has 0 radical (unpaired) electrons. The first kappa shape index (κ1) is 20.8. The number of carbonyl (C=O) groups excluding carboxylic acids is 2. The predicted molar refractivity (Wildman–Crippen MR) is 93.9 cm³/mol. The number of nitro benzene ring substituents is 1. The number of nitrogens with zero attached hydrogens (tertiary/aromatic N) is 2. The van der Waals surface area contributed by atoms with E-state index in [9.17, 15) is 32.9 Å². The quantitative estimate of drug-likeness (QED) is 0.345. The summed E-state index contributed by atoms with van der Waals surface area (Å²) in [5, 5.41) is 15.6. The van der Waals surface area contributed by atoms with E-state index < -0.39 is 33.5 Å². The van der Waals surface area contributed by atoms with Gasteiger partial charge in [0.05, 0.1) is 21.7 Å². The van der Waals surface area contributed by atoms with Gasteiger partial charge in [-0.1, -0.05) is 23.7 Å². The van der Waals surface area contributed by atoms with E-state index in [0.29, 0.717) is 6.07 Å². The molecule has 2 aromatic carbocycles. The van der Waals surface area contributed by atoms with Gasteiger partial charge in [-0.05, 0) is 18.2 Å². The number of hydrazone groups is 1. The van der Waals surface area contributed by atoms with Gasteiger partial charge < -0.3 is 5.32 Å². The van der Waals surface area contributed by atoms with Gasteiger partial charge >= 0.3 is 18.0 Å². The van der Waals surface area contributed by atoms with Gasteiger partial charge in [-0.25, -0.2) is 5.43 Å². The summed E-state index contributed by atoms with van der Waals surface area (Å²) in [5.74, 6) is -2.53. The molecule has 28 heavy (non-hydrogen) atoms. The fraction of sp³-hybridized carbons (Fsp3) is 0.0625. The van der Waals surface area contributed by atoms with Crippen LogP contribution in [0, 0.1) is 10.1 Å². The Morgan fingerprint density at radius 2 is 1.86 bits per heavy atom. The molecule has 0 aliphatic heterocycles. The lowest BCUT2D eigenvalue weighted by atomic mass is 10.2. The van der Waals surface area contributed by atoms with Gasteiger partial charge in [-0.15, -0.1) is 0 Å². The molecule has 8 nitrogen and oxygen atoms in total. The number of nitrogens with one attached hydrogen (secondary N) is 2. The van der Waals surface area contributed by atoms with Crippen LogP contribution < -0.4 is 10.7 Å². The minimum absolute atomic E-state index is 0.198. The Morgan fingerprint density at radius 1 is 1.14 bits per heavy atom. The van der Waals surface area contributed by atoms with Crippen molar-refractivity contribution in [3.63, 3.8) is 0 Å². The molecule has 2 rings (SSSR count). The largest absolute Gasteiger partial charge is 0.417 e. The Bertz CT molecular complexity index is 963. The molecule has 0 unspecified atom stereocenters. The number of anilines is 1. The second-order valence-corrected chi connectivity index (χ2v) is 5.60. The molecule has 2 aromatic rings. The van der Waals surface area contributed by atoms with Crippen molar-refractivity contribution in [1.29, 1.82) is 0 Å². The summed E-state index contributed by atoms with van der Waals surface area (Å²) in [5.41, 5.74) is 0.476. The molecule has 0 aliphatic rings. The minimum atomic E-state index is -4.73. The highest BCUT2D eigenvalue weighted by Gasteiger charge is 2.33. The molecule has 0 aliphatic carbocycles. The van der Waals surface area contributed by atoms with E-state index in [1.54, 1.807) is 0 Å². The van der Waals surface area contributed by atoms with Crippen LogP contribution in [0.2, 0.25) is 5.02 Å². The normalized spacial score (nSPS) is 11.3. The average Bonchev–Trinajstić information content (AvgIpc) is 2.62. The van der Waals surface area contributed by atoms with E-state index in [1.807, 2.05) is 10.7 Å². The molecule has 0 spiro atoms. The summed E-state index contributed by atoms with van der Waals surface area (Å²) in [7, 11) is 0. The molecular weight excluding hydrogens is 405 g/mol. The molecular formula is C16H10ClF3N4O4. The highest BCUT2D eigenvalue weighted by molar-refractivity contribution is 6.39. The summed E-state index contributed by atoms with van der Waals surface area (Å²) in [6.07, 6.45) is -3.68. The van der Waals surface area contributed by atoms with Gasteiger partial charge in [-0.2, -0.15) is 18.3 Å². The van der Waals surface area contributed by atoms with Crippen molar-refractivity contribution in [1.82, 2.24) is 5.43 Å². The van der Waals surface area contributed by atoms with E-state index in [1.165, 1.54) is 24.3 Å². The van der Waals surface area contributed by atoms with Crippen LogP contribution in [0.15, 0.2) is 47.6 Å². The summed E-state index contributed by atoms with van der Waals surface area (Å²) in [4.78, 5) is 33.5. The van der Waals surface area contributed by atoms with Crippen LogP contribution in [0.1, 0.15) is 11.1 Å². The number of alkyl halides is 3. The molecule has 0 atom stereocenters. The number of hydrogen-bond acceptors (Lipinski definition) is 5. The van der Waals surface area contributed by atoms with Crippen molar-refractivity contribution in [3.05, 3.63) is 68.7 Å². The van der Waals surface area contributed by atoms with E-state index in [-0.39, 0.29) is 16.9 Å². The maximum atomic E-state index is 12.8. The second-order valence-electron chi connectivity index (χ2n) is 5.20. The van der Waals surface area contributed by atoms with E-state index in [2.05, 4.69) is 5.10 Å². The van der Waals surface area contributed by atoms with Crippen LogP contribution in [0.3, 0.4) is 0 Å². The number of amides is 2. The number of hydrogen-bond donors (Lipinski definition) is 2. The van der Waals surface area contributed by atoms with Crippen molar-refractivity contribution in [2.24, 2.45) is 5.10 Å². The van der Waals surface area contributed by atoms with Gasteiger partial charge in [0.25, 0.3) is 5.69 Å². The number of rotatable bonds is 4. The van der Waals surface area contributed by atoms with Crippen LogP contribution >= 0.6 is 11.6 Å². The van der Waals surface area contributed by atoms with E-state index in [0.717, 1.165) is 18.3 Å². The van der Waals surface area contributed by atoms with Crippen LogP contribution in [-0.4, -0.2) is 23.0 Å². The maximum absolute atomic E-state index is 12.8. The van der Waals surface area contributed by atoms with Gasteiger partial charge in [0.15, 0.2) is 0 Å². The number of nitro groups is 1. The van der Waals surface area contributed by atoms with Crippen LogP contribution in [0.4, 0.5) is 24.5 Å². The average molecular weight is 415 g/mol. The highest BCUT2D eigenvalue weighted by atomic mass is 35.5. The highest BCUT2D eigenvalue weighted by Crippen LogP contribution is 2.36. The number of halogens is 4. The Kier molecular flexibility index (Phi) is 6.31. The fourth-order valence-corrected chi connectivity index (χ4v) is 2.17. The predicted octanol–water partition coefficient (Wildman–Crippen LogP) is 3.36. The van der Waals surface area contributed by atoms with Gasteiger partial charge in [0, 0.05) is 23.4 Å². The van der Waals surface area contributed by atoms with Crippen LogP contribution in [-0.2, 0) is 15.8 Å². The molecule has 0 bridgehead atoms. The monoisotopic (exact) mass is 414 g/mol. The third-order valence-electron chi connectivity index (χ3n) is 3.20.